The summed E-state index contributed by atoms with van der Waals surface area (Å²) in [4.78, 5) is 0. The molecule has 0 saturated heterocycles. The highest BCUT2D eigenvalue weighted by molar-refractivity contribution is 6.30. The van der Waals surface area contributed by atoms with Crippen molar-refractivity contribution in [2.45, 2.75) is 32.1 Å². The van der Waals surface area contributed by atoms with Gasteiger partial charge in [-0.2, -0.15) is 0 Å². The van der Waals surface area contributed by atoms with Gasteiger partial charge in [0.1, 0.15) is 5.75 Å². The highest BCUT2D eigenvalue weighted by Crippen LogP contribution is 2.36. The van der Waals surface area contributed by atoms with Crippen molar-refractivity contribution in [3.63, 3.8) is 0 Å². The molecule has 5 rings (SSSR count). The minimum absolute atomic E-state index is 0.364. The van der Waals surface area contributed by atoms with Gasteiger partial charge < -0.3 is 5.11 Å². The van der Waals surface area contributed by atoms with Gasteiger partial charge in [0.15, 0.2) is 0 Å². The van der Waals surface area contributed by atoms with Gasteiger partial charge in [-0.1, -0.05) is 48.0 Å². The Hall–Kier alpha value is -2.51. The molecule has 1 nitrogen and oxygen atoms in total. The Labute approximate surface area is 164 Å². The molecule has 0 aromatic heterocycles. The second-order valence-corrected chi connectivity index (χ2v) is 8.01. The third-order valence-corrected chi connectivity index (χ3v) is 6.11. The van der Waals surface area contributed by atoms with E-state index in [1.807, 2.05) is 30.3 Å². The molecular weight excluding hydrogens is 352 g/mol. The summed E-state index contributed by atoms with van der Waals surface area (Å²) in [5.41, 5.74) is 5.09. The largest absolute Gasteiger partial charge is 0.508 e. The Bertz CT molecular complexity index is 1160. The Kier molecular flexibility index (Phi) is 4.06. The van der Waals surface area contributed by atoms with E-state index in [4.69, 9.17) is 11.6 Å². The van der Waals surface area contributed by atoms with Crippen LogP contribution in [0.25, 0.3) is 21.5 Å². The SMILES string of the molecule is Oc1cc2c(ccc3c4c(ccc32)CCCC4)cc1Cc1ccc(Cl)cc1. The van der Waals surface area contributed by atoms with Crippen molar-refractivity contribution >= 4 is 33.1 Å². The zero-order valence-corrected chi connectivity index (χ0v) is 15.9. The molecule has 0 saturated carbocycles. The summed E-state index contributed by atoms with van der Waals surface area (Å²) >= 11 is 5.98. The summed E-state index contributed by atoms with van der Waals surface area (Å²) in [5, 5.41) is 16.3. The van der Waals surface area contributed by atoms with Crippen molar-refractivity contribution in [3.05, 3.63) is 87.9 Å². The van der Waals surface area contributed by atoms with Crippen LogP contribution in [0.5, 0.6) is 5.75 Å². The van der Waals surface area contributed by atoms with Gasteiger partial charge >= 0.3 is 0 Å². The molecule has 134 valence electrons. The smallest absolute Gasteiger partial charge is 0.119 e. The fourth-order valence-electron chi connectivity index (χ4n) is 4.44. The topological polar surface area (TPSA) is 20.2 Å². The standard InChI is InChI=1S/C25H21ClO/c26-20-9-5-16(6-10-20)13-19-14-18-8-12-22-21-4-2-1-3-17(21)7-11-23(22)24(18)15-25(19)27/h5-12,14-15,27H,1-4,13H2. The molecule has 2 heteroatoms. The van der Waals surface area contributed by atoms with Gasteiger partial charge in [-0.05, 0) is 93.7 Å². The average molecular weight is 373 g/mol. The van der Waals surface area contributed by atoms with E-state index in [0.717, 1.165) is 21.5 Å². The van der Waals surface area contributed by atoms with E-state index in [0.29, 0.717) is 12.2 Å². The maximum absolute atomic E-state index is 10.7. The lowest BCUT2D eigenvalue weighted by atomic mass is 9.86. The van der Waals surface area contributed by atoms with E-state index in [-0.39, 0.29) is 0 Å². The van der Waals surface area contributed by atoms with Gasteiger partial charge in [0.2, 0.25) is 0 Å². The van der Waals surface area contributed by atoms with Gasteiger partial charge in [-0.25, -0.2) is 0 Å². The number of aryl methyl sites for hydroxylation is 2. The van der Waals surface area contributed by atoms with Crippen LogP contribution in [-0.4, -0.2) is 5.11 Å². The van der Waals surface area contributed by atoms with E-state index in [2.05, 4.69) is 30.3 Å². The number of hydrogen-bond donors (Lipinski definition) is 1. The van der Waals surface area contributed by atoms with Crippen LogP contribution in [0.1, 0.15) is 35.1 Å². The van der Waals surface area contributed by atoms with Crippen LogP contribution in [0, 0.1) is 0 Å². The monoisotopic (exact) mass is 372 g/mol. The third kappa shape index (κ3) is 2.96. The lowest BCUT2D eigenvalue weighted by molar-refractivity contribution is 0.470. The zero-order chi connectivity index (χ0) is 18.4. The van der Waals surface area contributed by atoms with Crippen molar-refractivity contribution in [1.82, 2.24) is 0 Å². The summed E-state index contributed by atoms with van der Waals surface area (Å²) in [6.45, 7) is 0. The summed E-state index contributed by atoms with van der Waals surface area (Å²) in [6.07, 6.45) is 5.62. The molecule has 27 heavy (non-hydrogen) atoms. The molecule has 4 aromatic carbocycles. The lowest BCUT2D eigenvalue weighted by Gasteiger charge is -2.19. The first-order valence-electron chi connectivity index (χ1n) is 9.62. The molecule has 0 aliphatic heterocycles. The first-order valence-corrected chi connectivity index (χ1v) is 10.0. The van der Waals surface area contributed by atoms with Crippen molar-refractivity contribution < 1.29 is 5.11 Å². The number of fused-ring (bicyclic) bond motifs is 5. The van der Waals surface area contributed by atoms with Gasteiger partial charge in [0.05, 0.1) is 0 Å². The van der Waals surface area contributed by atoms with Crippen LogP contribution in [-0.2, 0) is 19.3 Å². The molecule has 1 aliphatic rings. The molecule has 0 radical (unpaired) electrons. The number of phenols is 1. The number of rotatable bonds is 2. The first-order chi connectivity index (χ1) is 13.2. The summed E-state index contributed by atoms with van der Waals surface area (Å²) in [7, 11) is 0. The van der Waals surface area contributed by atoms with Crippen molar-refractivity contribution in [2.75, 3.05) is 0 Å². The second-order valence-electron chi connectivity index (χ2n) is 7.58. The predicted molar refractivity (Wildman–Crippen MR) is 114 cm³/mol. The molecular formula is C25H21ClO. The average Bonchev–Trinajstić information content (AvgIpc) is 2.70. The maximum Gasteiger partial charge on any atom is 0.119 e. The van der Waals surface area contributed by atoms with Gasteiger partial charge in [-0.3, -0.25) is 0 Å². The first kappa shape index (κ1) is 16.6. The quantitative estimate of drug-likeness (QED) is 0.382. The predicted octanol–water partition coefficient (Wildman–Crippen LogP) is 6.82. The Morgan fingerprint density at radius 1 is 0.778 bits per heavy atom. The fraction of sp³-hybridized carbons (Fsp3) is 0.200. The van der Waals surface area contributed by atoms with Crippen LogP contribution < -0.4 is 0 Å². The number of aromatic hydroxyl groups is 1. The molecule has 0 bridgehead atoms. The van der Waals surface area contributed by atoms with Crippen molar-refractivity contribution in [1.29, 1.82) is 0 Å². The van der Waals surface area contributed by atoms with E-state index in [9.17, 15) is 5.11 Å². The van der Waals surface area contributed by atoms with Crippen molar-refractivity contribution in [2.24, 2.45) is 0 Å². The number of hydrogen-bond acceptors (Lipinski definition) is 1. The second kappa shape index (κ2) is 6.58. The molecule has 4 aromatic rings. The van der Waals surface area contributed by atoms with Crippen LogP contribution >= 0.6 is 11.6 Å². The molecule has 1 aliphatic carbocycles. The highest BCUT2D eigenvalue weighted by Gasteiger charge is 2.14. The van der Waals surface area contributed by atoms with E-state index >= 15 is 0 Å². The molecule has 0 atom stereocenters. The van der Waals surface area contributed by atoms with Crippen LogP contribution in [0.3, 0.4) is 0 Å². The molecule has 0 spiro atoms. The third-order valence-electron chi connectivity index (χ3n) is 5.86. The van der Waals surface area contributed by atoms with Crippen molar-refractivity contribution in [3.8, 4) is 5.75 Å². The lowest BCUT2D eigenvalue weighted by Crippen LogP contribution is -2.03. The molecule has 0 unspecified atom stereocenters. The van der Waals surface area contributed by atoms with E-state index < -0.39 is 0 Å². The van der Waals surface area contributed by atoms with Crippen LogP contribution in [0.4, 0.5) is 0 Å². The molecule has 0 heterocycles. The minimum Gasteiger partial charge on any atom is -0.508 e. The van der Waals surface area contributed by atoms with Crippen LogP contribution in [0.15, 0.2) is 60.7 Å². The van der Waals surface area contributed by atoms with E-state index in [1.165, 1.54) is 53.0 Å². The van der Waals surface area contributed by atoms with Gasteiger partial charge in [0, 0.05) is 11.4 Å². The highest BCUT2D eigenvalue weighted by atomic mass is 35.5. The number of halogens is 1. The Balaban J connectivity index is 1.63. The number of phenolic OH excluding ortho intramolecular Hbond substituents is 1. The zero-order valence-electron chi connectivity index (χ0n) is 15.1. The molecule has 1 N–H and O–H groups in total. The number of benzene rings is 4. The molecule has 0 fully saturated rings. The normalized spacial score (nSPS) is 13.8. The van der Waals surface area contributed by atoms with Gasteiger partial charge in [-0.15, -0.1) is 0 Å². The maximum atomic E-state index is 10.7. The Morgan fingerprint density at radius 2 is 1.56 bits per heavy atom. The summed E-state index contributed by atoms with van der Waals surface area (Å²) < 4.78 is 0. The summed E-state index contributed by atoms with van der Waals surface area (Å²) in [5.74, 6) is 0.364. The van der Waals surface area contributed by atoms with E-state index in [1.54, 1.807) is 0 Å². The fourth-order valence-corrected chi connectivity index (χ4v) is 4.57. The Morgan fingerprint density at radius 3 is 2.41 bits per heavy atom. The minimum atomic E-state index is 0.364. The summed E-state index contributed by atoms with van der Waals surface area (Å²) in [6, 6.07) is 20.9. The molecule has 0 amide bonds. The van der Waals surface area contributed by atoms with Crippen LogP contribution in [0.2, 0.25) is 5.02 Å². The van der Waals surface area contributed by atoms with Gasteiger partial charge in [0.25, 0.3) is 0 Å².